The van der Waals surface area contributed by atoms with Gasteiger partial charge in [-0.25, -0.2) is 0 Å². The molecule has 0 nitrogen and oxygen atoms in total. The summed E-state index contributed by atoms with van der Waals surface area (Å²) in [6.07, 6.45) is 6.47. The SMILES string of the molecule is C=CC12CCC(C1)C2(C)C. The second kappa shape index (κ2) is 1.49. The summed E-state index contributed by atoms with van der Waals surface area (Å²) in [4.78, 5) is 0. The van der Waals surface area contributed by atoms with Crippen LogP contribution in [0.25, 0.3) is 0 Å². The maximum atomic E-state index is 3.95. The van der Waals surface area contributed by atoms with Crippen molar-refractivity contribution >= 4 is 0 Å². The zero-order chi connectivity index (χ0) is 7.41. The number of hydrogen-bond donors (Lipinski definition) is 0. The highest BCUT2D eigenvalue weighted by atomic mass is 14.7. The molecule has 0 amide bonds. The number of allylic oxidation sites excluding steroid dienone is 1. The fourth-order valence-corrected chi connectivity index (χ4v) is 3.00. The highest BCUT2D eigenvalue weighted by molar-refractivity contribution is 5.19. The fraction of sp³-hybridized carbons (Fsp3) is 0.800. The van der Waals surface area contributed by atoms with Crippen molar-refractivity contribution in [2.45, 2.75) is 33.1 Å². The maximum absolute atomic E-state index is 3.95. The van der Waals surface area contributed by atoms with Gasteiger partial charge in [0.2, 0.25) is 0 Å². The molecule has 3 aliphatic carbocycles. The predicted molar refractivity (Wildman–Crippen MR) is 43.8 cm³/mol. The molecule has 0 radical (unpaired) electrons. The van der Waals surface area contributed by atoms with Gasteiger partial charge in [0, 0.05) is 0 Å². The average molecular weight is 136 g/mol. The van der Waals surface area contributed by atoms with Crippen molar-refractivity contribution in [1.82, 2.24) is 0 Å². The molecule has 3 rings (SSSR count). The lowest BCUT2D eigenvalue weighted by Crippen LogP contribution is -2.46. The third-order valence-corrected chi connectivity index (χ3v) is 4.24. The summed E-state index contributed by atoms with van der Waals surface area (Å²) in [5, 5.41) is 0. The van der Waals surface area contributed by atoms with E-state index in [0.717, 1.165) is 5.92 Å². The molecular formula is C10H16. The zero-order valence-electron chi connectivity index (χ0n) is 6.98. The quantitative estimate of drug-likeness (QED) is 0.486. The highest BCUT2D eigenvalue weighted by Crippen LogP contribution is 2.71. The second-order valence-electron chi connectivity index (χ2n) is 4.52. The van der Waals surface area contributed by atoms with Crippen LogP contribution in [-0.4, -0.2) is 0 Å². The van der Waals surface area contributed by atoms with Crippen molar-refractivity contribution in [3.8, 4) is 0 Å². The Bertz CT molecular complexity index is 174. The molecular weight excluding hydrogens is 120 g/mol. The summed E-state index contributed by atoms with van der Waals surface area (Å²) in [6.45, 7) is 8.75. The van der Waals surface area contributed by atoms with Crippen LogP contribution in [-0.2, 0) is 0 Å². The van der Waals surface area contributed by atoms with Crippen LogP contribution in [0.5, 0.6) is 0 Å². The lowest BCUT2D eigenvalue weighted by Gasteiger charge is -2.53. The highest BCUT2D eigenvalue weighted by Gasteiger charge is 2.62. The van der Waals surface area contributed by atoms with Crippen molar-refractivity contribution in [3.63, 3.8) is 0 Å². The van der Waals surface area contributed by atoms with Crippen molar-refractivity contribution < 1.29 is 0 Å². The summed E-state index contributed by atoms with van der Waals surface area (Å²) in [5.74, 6) is 1.01. The molecule has 10 heavy (non-hydrogen) atoms. The van der Waals surface area contributed by atoms with E-state index < -0.39 is 0 Å². The Balaban J connectivity index is 2.35. The standard InChI is InChI=1S/C10H16/c1-4-10-6-5-8(7-10)9(10,2)3/h4,8H,1,5-7H2,2-3H3. The summed E-state index contributed by atoms with van der Waals surface area (Å²) < 4.78 is 0. The Morgan fingerprint density at radius 3 is 2.40 bits per heavy atom. The van der Waals surface area contributed by atoms with Gasteiger partial charge in [0.1, 0.15) is 0 Å². The molecule has 0 aromatic heterocycles. The third-order valence-electron chi connectivity index (χ3n) is 4.24. The van der Waals surface area contributed by atoms with Crippen LogP contribution in [0.1, 0.15) is 33.1 Å². The van der Waals surface area contributed by atoms with E-state index in [-0.39, 0.29) is 0 Å². The molecule has 0 heterocycles. The molecule has 0 spiro atoms. The van der Waals surface area contributed by atoms with E-state index in [2.05, 4.69) is 26.5 Å². The van der Waals surface area contributed by atoms with Crippen molar-refractivity contribution in [2.24, 2.45) is 16.7 Å². The van der Waals surface area contributed by atoms with E-state index in [9.17, 15) is 0 Å². The van der Waals surface area contributed by atoms with Gasteiger partial charge in [-0.2, -0.15) is 0 Å². The van der Waals surface area contributed by atoms with Crippen LogP contribution >= 0.6 is 0 Å². The predicted octanol–water partition coefficient (Wildman–Crippen LogP) is 3.00. The van der Waals surface area contributed by atoms with E-state index >= 15 is 0 Å². The Kier molecular flexibility index (Phi) is 0.962. The first-order valence-electron chi connectivity index (χ1n) is 4.26. The Morgan fingerprint density at radius 1 is 1.50 bits per heavy atom. The van der Waals surface area contributed by atoms with E-state index in [0.29, 0.717) is 10.8 Å². The van der Waals surface area contributed by atoms with E-state index in [1.807, 2.05) is 0 Å². The molecule has 0 aliphatic heterocycles. The normalized spacial score (nSPS) is 48.4. The van der Waals surface area contributed by atoms with Crippen LogP contribution in [0.3, 0.4) is 0 Å². The van der Waals surface area contributed by atoms with Crippen molar-refractivity contribution in [1.29, 1.82) is 0 Å². The minimum absolute atomic E-state index is 0.539. The van der Waals surface area contributed by atoms with Gasteiger partial charge < -0.3 is 0 Å². The third kappa shape index (κ3) is 0.426. The molecule has 2 atom stereocenters. The van der Waals surface area contributed by atoms with Crippen LogP contribution in [0.15, 0.2) is 12.7 Å². The molecule has 2 unspecified atom stereocenters. The lowest BCUT2D eigenvalue weighted by molar-refractivity contribution is -0.0139. The summed E-state index contributed by atoms with van der Waals surface area (Å²) in [6, 6.07) is 0. The molecule has 3 saturated carbocycles. The Hall–Kier alpha value is -0.260. The number of fused-ring (bicyclic) bond motifs is 1. The number of rotatable bonds is 1. The van der Waals surface area contributed by atoms with Gasteiger partial charge in [0.15, 0.2) is 0 Å². The molecule has 0 N–H and O–H groups in total. The molecule has 0 aromatic rings. The molecule has 3 fully saturated rings. The molecule has 3 aliphatic rings. The molecule has 2 bridgehead atoms. The monoisotopic (exact) mass is 136 g/mol. The number of hydrogen-bond acceptors (Lipinski definition) is 0. The largest absolute Gasteiger partial charge is 0.103 e. The first-order chi connectivity index (χ1) is 4.62. The minimum atomic E-state index is 0.539. The Labute approximate surface area is 63.3 Å². The topological polar surface area (TPSA) is 0 Å². The maximum Gasteiger partial charge on any atom is -0.00642 e. The van der Waals surface area contributed by atoms with Gasteiger partial charge in [-0.15, -0.1) is 6.58 Å². The molecule has 0 heteroatoms. The first-order valence-corrected chi connectivity index (χ1v) is 4.26. The summed E-state index contributed by atoms with van der Waals surface area (Å²) in [7, 11) is 0. The van der Waals surface area contributed by atoms with Gasteiger partial charge in [0.05, 0.1) is 0 Å². The molecule has 56 valence electrons. The minimum Gasteiger partial charge on any atom is -0.103 e. The average Bonchev–Trinajstić information content (AvgIpc) is 2.41. The summed E-state index contributed by atoms with van der Waals surface area (Å²) >= 11 is 0. The van der Waals surface area contributed by atoms with E-state index in [1.165, 1.54) is 19.3 Å². The van der Waals surface area contributed by atoms with Gasteiger partial charge in [0.25, 0.3) is 0 Å². The van der Waals surface area contributed by atoms with Crippen LogP contribution in [0, 0.1) is 16.7 Å². The van der Waals surface area contributed by atoms with Crippen LogP contribution in [0.4, 0.5) is 0 Å². The smallest absolute Gasteiger partial charge is 0.00642 e. The molecule has 0 aromatic carbocycles. The summed E-state index contributed by atoms with van der Waals surface area (Å²) in [5.41, 5.74) is 1.12. The molecule has 0 saturated heterocycles. The zero-order valence-corrected chi connectivity index (χ0v) is 6.98. The van der Waals surface area contributed by atoms with Gasteiger partial charge in [-0.3, -0.25) is 0 Å². The van der Waals surface area contributed by atoms with Gasteiger partial charge in [-0.1, -0.05) is 19.9 Å². The lowest BCUT2D eigenvalue weighted by atomic mass is 9.51. The first kappa shape index (κ1) is 6.45. The van der Waals surface area contributed by atoms with Gasteiger partial charge in [-0.05, 0) is 36.0 Å². The van der Waals surface area contributed by atoms with Crippen molar-refractivity contribution in [2.75, 3.05) is 0 Å². The van der Waals surface area contributed by atoms with Gasteiger partial charge >= 0.3 is 0 Å². The Morgan fingerprint density at radius 2 is 2.20 bits per heavy atom. The van der Waals surface area contributed by atoms with Crippen LogP contribution in [0.2, 0.25) is 0 Å². The fourth-order valence-electron chi connectivity index (χ4n) is 3.00. The van der Waals surface area contributed by atoms with Crippen LogP contribution < -0.4 is 0 Å². The van der Waals surface area contributed by atoms with E-state index in [4.69, 9.17) is 0 Å². The van der Waals surface area contributed by atoms with E-state index in [1.54, 1.807) is 0 Å². The second-order valence-corrected chi connectivity index (χ2v) is 4.52. The van der Waals surface area contributed by atoms with Crippen molar-refractivity contribution in [3.05, 3.63) is 12.7 Å².